The van der Waals surface area contributed by atoms with Crippen LogP contribution in [0.15, 0.2) is 29.6 Å². The van der Waals surface area contributed by atoms with Crippen LogP contribution in [0.1, 0.15) is 5.01 Å². The Labute approximate surface area is 116 Å². The van der Waals surface area contributed by atoms with Crippen molar-refractivity contribution in [2.45, 2.75) is 6.54 Å². The summed E-state index contributed by atoms with van der Waals surface area (Å²) in [5, 5.41) is 3.70. The Morgan fingerprint density at radius 1 is 1.19 bits per heavy atom. The van der Waals surface area contributed by atoms with E-state index in [1.807, 2.05) is 29.6 Å². The lowest BCUT2D eigenvalue weighted by atomic mass is 10.2. The zero-order chi connectivity index (χ0) is 9.97. The summed E-state index contributed by atoms with van der Waals surface area (Å²) >= 11 is 7.37. The molecule has 0 aliphatic heterocycles. The van der Waals surface area contributed by atoms with E-state index in [0.717, 1.165) is 21.3 Å². The fraction of sp³-hybridized carbons (Fsp3) is 0.100. The highest BCUT2D eigenvalue weighted by molar-refractivity contribution is 7.09. The van der Waals surface area contributed by atoms with E-state index in [9.17, 15) is 0 Å². The van der Waals surface area contributed by atoms with Crippen molar-refractivity contribution in [1.29, 1.82) is 0 Å². The SMILES string of the molecule is Cl.Cl.NCc1nc(-c2ccc(Cl)cc2)cs1. The first-order valence-electron chi connectivity index (χ1n) is 4.20. The Morgan fingerprint density at radius 2 is 1.81 bits per heavy atom. The number of hydrogen-bond acceptors (Lipinski definition) is 3. The van der Waals surface area contributed by atoms with E-state index in [0.29, 0.717) is 6.54 Å². The molecule has 0 amide bonds. The molecule has 0 fully saturated rings. The Morgan fingerprint density at radius 3 is 2.31 bits per heavy atom. The van der Waals surface area contributed by atoms with Crippen molar-refractivity contribution in [3.05, 3.63) is 39.7 Å². The van der Waals surface area contributed by atoms with Crippen molar-refractivity contribution in [1.82, 2.24) is 4.98 Å². The van der Waals surface area contributed by atoms with Crippen LogP contribution in [0.2, 0.25) is 5.02 Å². The van der Waals surface area contributed by atoms with Gasteiger partial charge < -0.3 is 5.73 Å². The van der Waals surface area contributed by atoms with Crippen LogP contribution in [0.4, 0.5) is 0 Å². The average Bonchev–Trinajstić information content (AvgIpc) is 2.67. The molecule has 2 N–H and O–H groups in total. The summed E-state index contributed by atoms with van der Waals surface area (Å²) in [4.78, 5) is 4.38. The molecule has 1 aromatic carbocycles. The van der Waals surface area contributed by atoms with Gasteiger partial charge in [0.1, 0.15) is 5.01 Å². The van der Waals surface area contributed by atoms with Gasteiger partial charge in [-0.05, 0) is 12.1 Å². The van der Waals surface area contributed by atoms with Crippen LogP contribution >= 0.6 is 47.8 Å². The molecule has 1 heterocycles. The maximum atomic E-state index is 5.79. The highest BCUT2D eigenvalue weighted by Gasteiger charge is 2.02. The van der Waals surface area contributed by atoms with E-state index in [-0.39, 0.29) is 24.8 Å². The van der Waals surface area contributed by atoms with Gasteiger partial charge in [-0.2, -0.15) is 0 Å². The van der Waals surface area contributed by atoms with E-state index in [2.05, 4.69) is 4.98 Å². The normalized spacial score (nSPS) is 9.12. The summed E-state index contributed by atoms with van der Waals surface area (Å²) in [6, 6.07) is 7.63. The zero-order valence-electron chi connectivity index (χ0n) is 8.22. The Hall–Kier alpha value is -0.320. The van der Waals surface area contributed by atoms with Gasteiger partial charge in [-0.3, -0.25) is 0 Å². The molecule has 1 aromatic heterocycles. The number of nitrogens with two attached hydrogens (primary N) is 1. The molecule has 6 heteroatoms. The van der Waals surface area contributed by atoms with Crippen LogP contribution in [0.5, 0.6) is 0 Å². The molecule has 16 heavy (non-hydrogen) atoms. The van der Waals surface area contributed by atoms with Gasteiger partial charge in [0.15, 0.2) is 0 Å². The maximum absolute atomic E-state index is 5.79. The third-order valence-electron chi connectivity index (χ3n) is 1.87. The highest BCUT2D eigenvalue weighted by Crippen LogP contribution is 2.23. The molecule has 0 bridgehead atoms. The van der Waals surface area contributed by atoms with Crippen LogP contribution in [0.3, 0.4) is 0 Å². The molecule has 2 rings (SSSR count). The lowest BCUT2D eigenvalue weighted by molar-refractivity contribution is 1.04. The van der Waals surface area contributed by atoms with Gasteiger partial charge in [0.05, 0.1) is 5.69 Å². The van der Waals surface area contributed by atoms with E-state index >= 15 is 0 Å². The Balaban J connectivity index is 0.00000112. The van der Waals surface area contributed by atoms with Gasteiger partial charge in [-0.1, -0.05) is 23.7 Å². The molecule has 0 atom stereocenters. The van der Waals surface area contributed by atoms with Crippen molar-refractivity contribution >= 4 is 47.8 Å². The minimum atomic E-state index is 0. The van der Waals surface area contributed by atoms with Crippen LogP contribution in [0.25, 0.3) is 11.3 Å². The topological polar surface area (TPSA) is 38.9 Å². The third kappa shape index (κ3) is 3.61. The largest absolute Gasteiger partial charge is 0.325 e. The van der Waals surface area contributed by atoms with Gasteiger partial charge in [0, 0.05) is 22.5 Å². The average molecular weight is 298 g/mol. The lowest BCUT2D eigenvalue weighted by Crippen LogP contribution is -1.94. The van der Waals surface area contributed by atoms with E-state index in [1.165, 1.54) is 0 Å². The van der Waals surface area contributed by atoms with Gasteiger partial charge >= 0.3 is 0 Å². The predicted molar refractivity (Wildman–Crippen MR) is 74.9 cm³/mol. The predicted octanol–water partition coefficient (Wildman–Crippen LogP) is 3.77. The van der Waals surface area contributed by atoms with Crippen LogP contribution in [-0.2, 0) is 6.54 Å². The second-order valence-corrected chi connectivity index (χ2v) is 4.22. The number of halogens is 3. The Bertz CT molecular complexity index is 428. The van der Waals surface area contributed by atoms with Gasteiger partial charge in [-0.25, -0.2) is 4.98 Å². The van der Waals surface area contributed by atoms with E-state index < -0.39 is 0 Å². The second-order valence-electron chi connectivity index (χ2n) is 2.84. The van der Waals surface area contributed by atoms with Gasteiger partial charge in [0.25, 0.3) is 0 Å². The molecule has 0 spiro atoms. The van der Waals surface area contributed by atoms with Crippen molar-refractivity contribution in [2.24, 2.45) is 5.73 Å². The van der Waals surface area contributed by atoms with Gasteiger partial charge in [0.2, 0.25) is 0 Å². The van der Waals surface area contributed by atoms with Crippen molar-refractivity contribution in [3.8, 4) is 11.3 Å². The molecule has 0 saturated heterocycles. The monoisotopic (exact) mass is 296 g/mol. The summed E-state index contributed by atoms with van der Waals surface area (Å²) < 4.78 is 0. The first kappa shape index (κ1) is 15.7. The number of aromatic nitrogens is 1. The molecular formula is C10H11Cl3N2S. The van der Waals surface area contributed by atoms with E-state index in [4.69, 9.17) is 17.3 Å². The van der Waals surface area contributed by atoms with Crippen LogP contribution in [-0.4, -0.2) is 4.98 Å². The standard InChI is InChI=1S/C10H9ClN2S.2ClH/c11-8-3-1-7(2-4-8)9-6-14-10(5-12)13-9;;/h1-4,6H,5,12H2;2*1H. The van der Waals surface area contributed by atoms with Crippen molar-refractivity contribution < 1.29 is 0 Å². The minimum absolute atomic E-state index is 0. The van der Waals surface area contributed by atoms with E-state index in [1.54, 1.807) is 11.3 Å². The first-order chi connectivity index (χ1) is 6.79. The third-order valence-corrected chi connectivity index (χ3v) is 2.99. The summed E-state index contributed by atoms with van der Waals surface area (Å²) in [5.74, 6) is 0. The second kappa shape index (κ2) is 7.09. The highest BCUT2D eigenvalue weighted by atomic mass is 35.5. The summed E-state index contributed by atoms with van der Waals surface area (Å²) in [6.07, 6.45) is 0. The number of nitrogens with zero attached hydrogens (tertiary/aromatic N) is 1. The molecular weight excluding hydrogens is 287 g/mol. The fourth-order valence-electron chi connectivity index (χ4n) is 1.16. The first-order valence-corrected chi connectivity index (χ1v) is 5.46. The minimum Gasteiger partial charge on any atom is -0.325 e. The summed E-state index contributed by atoms with van der Waals surface area (Å²) in [5.41, 5.74) is 7.53. The molecule has 2 nitrogen and oxygen atoms in total. The lowest BCUT2D eigenvalue weighted by Gasteiger charge is -1.95. The number of benzene rings is 1. The molecule has 0 unspecified atom stereocenters. The number of rotatable bonds is 2. The number of hydrogen-bond donors (Lipinski definition) is 1. The van der Waals surface area contributed by atoms with Gasteiger partial charge in [-0.15, -0.1) is 36.2 Å². The van der Waals surface area contributed by atoms with Crippen molar-refractivity contribution in [3.63, 3.8) is 0 Å². The zero-order valence-corrected chi connectivity index (χ0v) is 11.4. The molecule has 0 aliphatic rings. The summed E-state index contributed by atoms with van der Waals surface area (Å²) in [7, 11) is 0. The molecule has 0 aliphatic carbocycles. The van der Waals surface area contributed by atoms with Crippen LogP contribution < -0.4 is 5.73 Å². The number of thiazole rings is 1. The molecule has 0 radical (unpaired) electrons. The Kier molecular flexibility index (Phi) is 6.95. The molecule has 2 aromatic rings. The quantitative estimate of drug-likeness (QED) is 0.916. The fourth-order valence-corrected chi connectivity index (χ4v) is 1.97. The van der Waals surface area contributed by atoms with Crippen molar-refractivity contribution in [2.75, 3.05) is 0 Å². The van der Waals surface area contributed by atoms with Crippen LogP contribution in [0, 0.1) is 0 Å². The summed E-state index contributed by atoms with van der Waals surface area (Å²) in [6.45, 7) is 0.498. The molecule has 0 saturated carbocycles. The smallest absolute Gasteiger partial charge is 0.107 e. The molecule has 88 valence electrons. The maximum Gasteiger partial charge on any atom is 0.107 e.